The van der Waals surface area contributed by atoms with Crippen LogP contribution in [0.2, 0.25) is 0 Å². The number of hydrogen-bond acceptors (Lipinski definition) is 4. The van der Waals surface area contributed by atoms with Crippen LogP contribution >= 0.6 is 24.0 Å². The van der Waals surface area contributed by atoms with E-state index in [1.165, 1.54) is 11.1 Å². The van der Waals surface area contributed by atoms with Gasteiger partial charge in [-0.25, -0.2) is 9.67 Å². The van der Waals surface area contributed by atoms with Crippen LogP contribution in [0.1, 0.15) is 11.1 Å². The molecule has 0 atom stereocenters. The number of benzene rings is 2. The molecule has 0 spiro atoms. The number of rotatable bonds is 7. The number of aromatic nitrogens is 3. The van der Waals surface area contributed by atoms with E-state index in [1.54, 1.807) is 13.2 Å². The number of nitrogens with one attached hydrogen (secondary N) is 2. The number of aliphatic imine (C=N–C) groups is 1. The Bertz CT molecular complexity index is 1190. The molecular weight excluding hydrogens is 525 g/mol. The summed E-state index contributed by atoms with van der Waals surface area (Å²) in [7, 11) is 5.82. The Morgan fingerprint density at radius 2 is 1.82 bits per heavy atom. The lowest BCUT2D eigenvalue weighted by Gasteiger charge is -2.17. The first kappa shape index (κ1) is 24.5. The summed E-state index contributed by atoms with van der Waals surface area (Å²) >= 11 is 0. The summed E-state index contributed by atoms with van der Waals surface area (Å²) < 4.78 is 1.86. The normalized spacial score (nSPS) is 11.2. The summed E-state index contributed by atoms with van der Waals surface area (Å²) in [5, 5.41) is 12.3. The van der Waals surface area contributed by atoms with E-state index in [4.69, 9.17) is 4.98 Å². The number of anilines is 1. The summed E-state index contributed by atoms with van der Waals surface area (Å²) in [4.78, 5) is 11.1. The highest BCUT2D eigenvalue weighted by Crippen LogP contribution is 2.22. The maximum absolute atomic E-state index is 4.74. The minimum atomic E-state index is 0. The van der Waals surface area contributed by atoms with Gasteiger partial charge >= 0.3 is 0 Å². The van der Waals surface area contributed by atoms with Gasteiger partial charge in [-0.05, 0) is 47.9 Å². The maximum Gasteiger partial charge on any atom is 0.191 e. The zero-order chi connectivity index (χ0) is 22.3. The van der Waals surface area contributed by atoms with Crippen LogP contribution in [-0.2, 0) is 13.0 Å². The highest BCUT2D eigenvalue weighted by molar-refractivity contribution is 14.0. The molecule has 2 aromatic carbocycles. The van der Waals surface area contributed by atoms with Gasteiger partial charge in [-0.1, -0.05) is 30.3 Å². The molecule has 172 valence electrons. The monoisotopic (exact) mass is 555 g/mol. The van der Waals surface area contributed by atoms with E-state index in [1.807, 2.05) is 48.1 Å². The van der Waals surface area contributed by atoms with Crippen molar-refractivity contribution < 1.29 is 0 Å². The quantitative estimate of drug-likeness (QED) is 0.205. The summed E-state index contributed by atoms with van der Waals surface area (Å²) in [6.07, 6.45) is 4.63. The number of halogens is 1. The highest BCUT2D eigenvalue weighted by Gasteiger charge is 2.08. The van der Waals surface area contributed by atoms with Crippen LogP contribution in [0.25, 0.3) is 16.6 Å². The second-order valence-corrected chi connectivity index (χ2v) is 7.77. The Kier molecular flexibility index (Phi) is 8.65. The molecule has 8 heteroatoms. The minimum absolute atomic E-state index is 0. The second kappa shape index (κ2) is 11.6. The van der Waals surface area contributed by atoms with Crippen LogP contribution in [0.15, 0.2) is 78.0 Å². The average molecular weight is 555 g/mol. The van der Waals surface area contributed by atoms with Crippen LogP contribution in [0, 0.1) is 0 Å². The van der Waals surface area contributed by atoms with Crippen molar-refractivity contribution >= 4 is 46.7 Å². The van der Waals surface area contributed by atoms with Crippen molar-refractivity contribution in [1.29, 1.82) is 0 Å². The second-order valence-electron chi connectivity index (χ2n) is 7.77. The first-order chi connectivity index (χ1) is 15.6. The molecule has 0 aliphatic heterocycles. The number of nitrogens with zero attached hydrogens (tertiary/aromatic N) is 5. The summed E-state index contributed by atoms with van der Waals surface area (Å²) in [6.45, 7) is 1.46. The van der Waals surface area contributed by atoms with Gasteiger partial charge in [0.05, 0.1) is 11.2 Å². The van der Waals surface area contributed by atoms with E-state index in [9.17, 15) is 0 Å². The number of pyridine rings is 1. The van der Waals surface area contributed by atoms with E-state index >= 15 is 0 Å². The number of fused-ring (bicyclic) bond motifs is 1. The number of guanidine groups is 1. The Morgan fingerprint density at radius 3 is 2.52 bits per heavy atom. The van der Waals surface area contributed by atoms with Gasteiger partial charge in [-0.2, -0.15) is 5.10 Å². The van der Waals surface area contributed by atoms with Crippen LogP contribution in [0.5, 0.6) is 0 Å². The third-order valence-electron chi connectivity index (χ3n) is 5.33. The van der Waals surface area contributed by atoms with Crippen molar-refractivity contribution in [3.63, 3.8) is 0 Å². The summed E-state index contributed by atoms with van der Waals surface area (Å²) in [6, 6.07) is 20.7. The SMILES string of the molecule is CN=C(NCCc1ccc(-n2cccn2)cc1)NCc1cc(N(C)C)nc2ccccc12.I. The molecule has 2 N–H and O–H groups in total. The van der Waals surface area contributed by atoms with Crippen molar-refractivity contribution in [2.24, 2.45) is 4.99 Å². The van der Waals surface area contributed by atoms with Crippen molar-refractivity contribution in [1.82, 2.24) is 25.4 Å². The fraction of sp³-hybridized carbons (Fsp3) is 0.240. The van der Waals surface area contributed by atoms with E-state index in [-0.39, 0.29) is 24.0 Å². The van der Waals surface area contributed by atoms with Crippen LogP contribution in [0.4, 0.5) is 5.82 Å². The van der Waals surface area contributed by atoms with E-state index in [0.717, 1.165) is 41.3 Å². The zero-order valence-corrected chi connectivity index (χ0v) is 21.5. The van der Waals surface area contributed by atoms with E-state index < -0.39 is 0 Å². The molecule has 0 saturated heterocycles. The first-order valence-corrected chi connectivity index (χ1v) is 10.7. The molecule has 0 aliphatic carbocycles. The van der Waals surface area contributed by atoms with Crippen molar-refractivity contribution in [3.05, 3.63) is 84.2 Å². The Hall–Kier alpha value is -3.14. The van der Waals surface area contributed by atoms with E-state index in [2.05, 4.69) is 63.2 Å². The lowest BCUT2D eigenvalue weighted by atomic mass is 10.1. The number of hydrogen-bond donors (Lipinski definition) is 2. The molecule has 0 aliphatic rings. The van der Waals surface area contributed by atoms with Crippen LogP contribution in [0.3, 0.4) is 0 Å². The fourth-order valence-corrected chi connectivity index (χ4v) is 3.57. The smallest absolute Gasteiger partial charge is 0.191 e. The van der Waals surface area contributed by atoms with Crippen molar-refractivity contribution in [3.8, 4) is 5.69 Å². The molecule has 0 unspecified atom stereocenters. The molecule has 2 heterocycles. The molecule has 4 aromatic rings. The largest absolute Gasteiger partial charge is 0.363 e. The van der Waals surface area contributed by atoms with Crippen LogP contribution < -0.4 is 15.5 Å². The van der Waals surface area contributed by atoms with Gasteiger partial charge in [0.2, 0.25) is 0 Å². The molecular formula is C25H30IN7. The highest BCUT2D eigenvalue weighted by atomic mass is 127. The van der Waals surface area contributed by atoms with Gasteiger partial charge in [-0.3, -0.25) is 4.99 Å². The molecule has 4 rings (SSSR count). The Morgan fingerprint density at radius 1 is 1.03 bits per heavy atom. The number of para-hydroxylation sites is 1. The third kappa shape index (κ3) is 6.22. The molecule has 0 bridgehead atoms. The standard InChI is InChI=1S/C25H29N7.HI/c1-26-25(27-15-13-19-9-11-21(12-10-19)32-16-6-14-29-32)28-18-20-17-24(31(2)3)30-23-8-5-4-7-22(20)23;/h4-12,14,16-17H,13,15,18H2,1-3H3,(H2,26,27,28);1H. The van der Waals surface area contributed by atoms with Crippen molar-refractivity contribution in [2.75, 3.05) is 32.6 Å². The van der Waals surface area contributed by atoms with Gasteiger partial charge in [0.15, 0.2) is 5.96 Å². The predicted octanol–water partition coefficient (Wildman–Crippen LogP) is 4.01. The molecule has 7 nitrogen and oxygen atoms in total. The van der Waals surface area contributed by atoms with Gasteiger partial charge in [0.1, 0.15) is 5.82 Å². The first-order valence-electron chi connectivity index (χ1n) is 10.7. The summed E-state index contributed by atoms with van der Waals surface area (Å²) in [5.41, 5.74) is 4.51. The molecule has 33 heavy (non-hydrogen) atoms. The Labute approximate surface area is 212 Å². The van der Waals surface area contributed by atoms with Gasteiger partial charge in [0, 0.05) is 52.0 Å². The van der Waals surface area contributed by atoms with E-state index in [0.29, 0.717) is 6.54 Å². The topological polar surface area (TPSA) is 70.4 Å². The minimum Gasteiger partial charge on any atom is -0.363 e. The zero-order valence-electron chi connectivity index (χ0n) is 19.2. The lowest BCUT2D eigenvalue weighted by Crippen LogP contribution is -2.37. The van der Waals surface area contributed by atoms with Crippen LogP contribution in [-0.4, -0.2) is 48.4 Å². The summed E-state index contributed by atoms with van der Waals surface area (Å²) in [5.74, 6) is 1.73. The van der Waals surface area contributed by atoms with Crippen molar-refractivity contribution in [2.45, 2.75) is 13.0 Å². The lowest BCUT2D eigenvalue weighted by molar-refractivity contribution is 0.795. The predicted molar refractivity (Wildman–Crippen MR) is 147 cm³/mol. The fourth-order valence-electron chi connectivity index (χ4n) is 3.57. The average Bonchev–Trinajstić information content (AvgIpc) is 3.36. The maximum atomic E-state index is 4.74. The molecule has 0 fully saturated rings. The van der Waals surface area contributed by atoms with Gasteiger partial charge in [0.25, 0.3) is 0 Å². The molecule has 0 saturated carbocycles. The molecule has 0 amide bonds. The van der Waals surface area contributed by atoms with Gasteiger partial charge < -0.3 is 15.5 Å². The Balaban J connectivity index is 0.00000306. The molecule has 0 radical (unpaired) electrons. The third-order valence-corrected chi connectivity index (χ3v) is 5.33. The van der Waals surface area contributed by atoms with Gasteiger partial charge in [-0.15, -0.1) is 24.0 Å². The molecule has 2 aromatic heterocycles.